The average Bonchev–Trinajstić information content (AvgIpc) is 3.11. The monoisotopic (exact) mass is 345 g/mol. The van der Waals surface area contributed by atoms with Gasteiger partial charge < -0.3 is 4.90 Å². The highest BCUT2D eigenvalue weighted by atomic mass is 32.2. The number of benzene rings is 1. The summed E-state index contributed by atoms with van der Waals surface area (Å²) in [5, 5.41) is 1.45. The Morgan fingerprint density at radius 2 is 1.29 bits per heavy atom. The van der Waals surface area contributed by atoms with Gasteiger partial charge in [0.15, 0.2) is 0 Å². The van der Waals surface area contributed by atoms with Crippen molar-refractivity contribution >= 4 is 17.4 Å². The van der Waals surface area contributed by atoms with Crippen molar-refractivity contribution in [2.24, 2.45) is 0 Å². The van der Waals surface area contributed by atoms with Crippen LogP contribution in [0.25, 0.3) is 0 Å². The summed E-state index contributed by atoms with van der Waals surface area (Å²) in [7, 11) is 0. The molecule has 0 saturated carbocycles. The van der Waals surface area contributed by atoms with Crippen LogP contribution in [0.4, 0.5) is 5.69 Å². The van der Waals surface area contributed by atoms with Crippen LogP contribution in [0.1, 0.15) is 55.4 Å². The Hall–Kier alpha value is -1.22. The fourth-order valence-electron chi connectivity index (χ4n) is 3.56. The highest BCUT2D eigenvalue weighted by Crippen LogP contribution is 2.39. The van der Waals surface area contributed by atoms with E-state index in [9.17, 15) is 0 Å². The van der Waals surface area contributed by atoms with Crippen molar-refractivity contribution in [1.29, 1.82) is 0 Å². The fourth-order valence-corrected chi connectivity index (χ4v) is 4.63. The molecule has 24 heavy (non-hydrogen) atoms. The smallest absolute Gasteiger partial charge is 0.241 e. The molecule has 0 unspecified atom stereocenters. The van der Waals surface area contributed by atoms with Gasteiger partial charge in [0, 0.05) is 17.0 Å². The van der Waals surface area contributed by atoms with E-state index in [1.165, 1.54) is 20.8 Å². The average molecular weight is 346 g/mol. The van der Waals surface area contributed by atoms with Gasteiger partial charge in [-0.25, -0.2) is 4.58 Å². The van der Waals surface area contributed by atoms with Crippen LogP contribution in [0.15, 0.2) is 40.1 Å². The molecule has 0 amide bonds. The highest BCUT2D eigenvalue weighted by molar-refractivity contribution is 7.99. The van der Waals surface area contributed by atoms with Gasteiger partial charge in [-0.05, 0) is 67.5 Å². The topological polar surface area (TPSA) is 6.25 Å². The standard InChI is InChI=1S/C21H33N2S/c1-14(2)22(15(3)4)19-20(23(16(5)6)17(7)8)21(19)24-18-12-10-9-11-13-18/h9-17H,1-8H3/q+1. The lowest BCUT2D eigenvalue weighted by Crippen LogP contribution is -2.41. The first-order valence-electron chi connectivity index (χ1n) is 9.17. The molecular weight excluding hydrogens is 312 g/mol. The molecule has 132 valence electrons. The molecule has 2 aromatic carbocycles. The maximum absolute atomic E-state index is 2.57. The van der Waals surface area contributed by atoms with E-state index >= 15 is 0 Å². The fraction of sp³-hybridized carbons (Fsp3) is 0.571. The van der Waals surface area contributed by atoms with E-state index in [0.717, 1.165) is 0 Å². The van der Waals surface area contributed by atoms with Gasteiger partial charge in [0.25, 0.3) is 0 Å². The van der Waals surface area contributed by atoms with Crippen LogP contribution >= 0.6 is 11.8 Å². The van der Waals surface area contributed by atoms with Gasteiger partial charge in [-0.1, -0.05) is 30.0 Å². The summed E-state index contributed by atoms with van der Waals surface area (Å²) in [4.78, 5) is 5.34. The van der Waals surface area contributed by atoms with Crippen LogP contribution in [0.3, 0.4) is 0 Å². The molecule has 0 heterocycles. The minimum Gasteiger partial charge on any atom is -0.360 e. The second-order valence-corrected chi connectivity index (χ2v) is 8.71. The van der Waals surface area contributed by atoms with Gasteiger partial charge in [0.2, 0.25) is 5.36 Å². The Morgan fingerprint density at radius 3 is 1.71 bits per heavy atom. The van der Waals surface area contributed by atoms with Crippen LogP contribution in [0.5, 0.6) is 0 Å². The summed E-state index contributed by atoms with van der Waals surface area (Å²) >= 11 is 1.91. The predicted octanol–water partition coefficient (Wildman–Crippen LogP) is 4.93. The summed E-state index contributed by atoms with van der Waals surface area (Å²) in [6.07, 6.45) is 0. The van der Waals surface area contributed by atoms with E-state index in [4.69, 9.17) is 0 Å². The quantitative estimate of drug-likeness (QED) is 0.657. The zero-order valence-electron chi connectivity index (χ0n) is 16.5. The third-order valence-corrected chi connectivity index (χ3v) is 5.40. The van der Waals surface area contributed by atoms with E-state index in [2.05, 4.69) is 95.2 Å². The summed E-state index contributed by atoms with van der Waals surface area (Å²) in [6.45, 7) is 18.4. The predicted molar refractivity (Wildman–Crippen MR) is 108 cm³/mol. The molecule has 0 aromatic heterocycles. The van der Waals surface area contributed by atoms with Gasteiger partial charge in [-0.2, -0.15) is 0 Å². The first kappa shape index (κ1) is 19.1. The van der Waals surface area contributed by atoms with Gasteiger partial charge in [0.05, 0.1) is 0 Å². The summed E-state index contributed by atoms with van der Waals surface area (Å²) in [6, 6.07) is 12.8. The molecule has 2 aromatic rings. The van der Waals surface area contributed by atoms with E-state index in [-0.39, 0.29) is 0 Å². The molecule has 0 spiro atoms. The molecule has 0 aliphatic carbocycles. The second kappa shape index (κ2) is 7.77. The van der Waals surface area contributed by atoms with Crippen LogP contribution < -0.4 is 14.8 Å². The van der Waals surface area contributed by atoms with Crippen LogP contribution in [-0.2, 0) is 0 Å². The lowest BCUT2D eigenvalue weighted by Gasteiger charge is -2.29. The molecule has 2 rings (SSSR count). The summed E-state index contributed by atoms with van der Waals surface area (Å²) in [5.41, 5.74) is 1.45. The molecule has 0 saturated heterocycles. The molecule has 0 radical (unpaired) electrons. The zero-order valence-corrected chi connectivity index (χ0v) is 17.3. The lowest BCUT2D eigenvalue weighted by molar-refractivity contribution is 0.427. The van der Waals surface area contributed by atoms with Crippen molar-refractivity contribution < 1.29 is 0 Å². The SMILES string of the molecule is CC(C)N(c1c(Sc2ccccc2)c1=[N+](C(C)C)C(C)C)C(C)C. The van der Waals surface area contributed by atoms with Gasteiger partial charge in [-0.15, -0.1) is 0 Å². The minimum atomic E-state index is 0.505. The van der Waals surface area contributed by atoms with E-state index < -0.39 is 0 Å². The van der Waals surface area contributed by atoms with Crippen LogP contribution in [0, 0.1) is 0 Å². The lowest BCUT2D eigenvalue weighted by atomic mass is 10.2. The number of hydrogen-bond donors (Lipinski definition) is 0. The first-order chi connectivity index (χ1) is 11.3. The molecule has 0 bridgehead atoms. The van der Waals surface area contributed by atoms with E-state index in [0.29, 0.717) is 24.2 Å². The Morgan fingerprint density at radius 1 is 0.792 bits per heavy atom. The number of nitrogens with zero attached hydrogens (tertiary/aromatic N) is 2. The Kier molecular flexibility index (Phi) is 6.19. The Balaban J connectivity index is 2.55. The molecule has 0 atom stereocenters. The first-order valence-corrected chi connectivity index (χ1v) is 9.98. The van der Waals surface area contributed by atoms with Crippen molar-refractivity contribution in [1.82, 2.24) is 4.58 Å². The maximum Gasteiger partial charge on any atom is 0.241 e. The number of rotatable bonds is 7. The maximum atomic E-state index is 2.57. The largest absolute Gasteiger partial charge is 0.360 e. The van der Waals surface area contributed by atoms with Gasteiger partial charge in [-0.3, -0.25) is 0 Å². The third kappa shape index (κ3) is 4.05. The van der Waals surface area contributed by atoms with Crippen LogP contribution in [0.2, 0.25) is 0 Å². The Bertz CT molecular complexity index is 656. The van der Waals surface area contributed by atoms with Gasteiger partial charge >= 0.3 is 0 Å². The number of hydrogen-bond acceptors (Lipinski definition) is 2. The summed E-state index contributed by atoms with van der Waals surface area (Å²) in [5.74, 6) is 0. The molecule has 0 N–H and O–H groups in total. The minimum absolute atomic E-state index is 0.505. The van der Waals surface area contributed by atoms with E-state index in [1.807, 2.05) is 11.8 Å². The van der Waals surface area contributed by atoms with Crippen molar-refractivity contribution in [3.8, 4) is 0 Å². The third-order valence-electron chi connectivity index (χ3n) is 4.30. The molecule has 2 nitrogen and oxygen atoms in total. The number of anilines is 1. The van der Waals surface area contributed by atoms with E-state index in [1.54, 1.807) is 0 Å². The zero-order chi connectivity index (χ0) is 18.0. The van der Waals surface area contributed by atoms with Crippen molar-refractivity contribution in [3.05, 3.63) is 35.7 Å². The van der Waals surface area contributed by atoms with Crippen molar-refractivity contribution in [2.75, 3.05) is 4.90 Å². The molecule has 0 aliphatic heterocycles. The van der Waals surface area contributed by atoms with Crippen LogP contribution in [-0.4, -0.2) is 24.2 Å². The molecule has 0 aliphatic rings. The Labute approximate surface area is 152 Å². The van der Waals surface area contributed by atoms with Gasteiger partial charge in [0.1, 0.15) is 22.7 Å². The normalized spacial score (nSPS) is 12.2. The molecular formula is C21H33N2S+. The highest BCUT2D eigenvalue weighted by Gasteiger charge is 2.38. The van der Waals surface area contributed by atoms with Crippen molar-refractivity contribution in [2.45, 2.75) is 89.3 Å². The van der Waals surface area contributed by atoms with Crippen molar-refractivity contribution in [3.63, 3.8) is 0 Å². The second-order valence-electron chi connectivity index (χ2n) is 7.63. The summed E-state index contributed by atoms with van der Waals surface area (Å²) < 4.78 is 2.57. The molecule has 3 heteroatoms. The molecule has 0 fully saturated rings.